The molecule has 0 saturated carbocycles. The number of β-lactam (4-membered cyclic amide) rings is 1. The Balaban J connectivity index is 2.10. The Kier molecular flexibility index (Phi) is 2.29. The molecule has 90 valence electrons. The van der Waals surface area contributed by atoms with Crippen LogP contribution in [-0.2, 0) is 19.5 Å². The monoisotopic (exact) mass is 251 g/mol. The second-order valence-corrected chi connectivity index (χ2v) is 4.50. The second kappa shape index (κ2) is 3.30. The summed E-state index contributed by atoms with van der Waals surface area (Å²) in [6.45, 7) is 0.252. The third-order valence-corrected chi connectivity index (χ3v) is 2.94. The molecule has 0 bridgehead atoms. The maximum absolute atomic E-state index is 11.4. The number of rotatable bonds is 2. The fourth-order valence-electron chi connectivity index (χ4n) is 1.97. The van der Waals surface area contributed by atoms with Crippen LogP contribution in [0.25, 0.3) is 0 Å². The Morgan fingerprint density at radius 2 is 2.19 bits per heavy atom. The number of likely N-dealkylation sites (tertiary alicyclic amines) is 1. The van der Waals surface area contributed by atoms with Crippen LogP contribution in [0.4, 0.5) is 4.79 Å². The summed E-state index contributed by atoms with van der Waals surface area (Å²) in [7, 11) is -4.72. The molecule has 2 unspecified atom stereocenters. The minimum absolute atomic E-state index is 0.252. The van der Waals surface area contributed by atoms with Gasteiger partial charge in [0.05, 0.1) is 6.04 Å². The molecule has 16 heavy (non-hydrogen) atoms. The lowest BCUT2D eigenvalue weighted by atomic mass is 10.00. The molecule has 0 aromatic rings. The summed E-state index contributed by atoms with van der Waals surface area (Å²) in [5.74, 6) is -0.709. The molecule has 2 fully saturated rings. The SMILES string of the molecule is NC(=O)N1CCC2C1C(=O)N2OS(=O)(=O)O. The van der Waals surface area contributed by atoms with E-state index in [4.69, 9.17) is 10.3 Å². The van der Waals surface area contributed by atoms with Crippen LogP contribution >= 0.6 is 0 Å². The molecule has 3 amide bonds. The van der Waals surface area contributed by atoms with Crippen LogP contribution in [0.2, 0.25) is 0 Å². The largest absolute Gasteiger partial charge is 0.418 e. The van der Waals surface area contributed by atoms with Gasteiger partial charge in [-0.25, -0.2) is 4.79 Å². The highest BCUT2D eigenvalue weighted by atomic mass is 32.3. The first kappa shape index (κ1) is 11.1. The summed E-state index contributed by atoms with van der Waals surface area (Å²) in [6.07, 6.45) is 0.356. The number of hydrogen-bond donors (Lipinski definition) is 2. The summed E-state index contributed by atoms with van der Waals surface area (Å²) in [5, 5.41) is 0.545. The number of hydrogen-bond acceptors (Lipinski definition) is 5. The summed E-state index contributed by atoms with van der Waals surface area (Å²) in [5.41, 5.74) is 5.03. The lowest BCUT2D eigenvalue weighted by molar-refractivity contribution is -0.197. The van der Waals surface area contributed by atoms with Crippen molar-refractivity contribution in [3.63, 3.8) is 0 Å². The van der Waals surface area contributed by atoms with Gasteiger partial charge in [0.1, 0.15) is 6.04 Å². The quantitative estimate of drug-likeness (QED) is 0.434. The Labute approximate surface area is 90.6 Å². The van der Waals surface area contributed by atoms with Crippen molar-refractivity contribution in [2.24, 2.45) is 5.73 Å². The third-order valence-electron chi connectivity index (χ3n) is 2.60. The summed E-state index contributed by atoms with van der Waals surface area (Å²) >= 11 is 0. The molecule has 3 N–H and O–H groups in total. The summed E-state index contributed by atoms with van der Waals surface area (Å²) in [4.78, 5) is 23.4. The number of carbonyl (C=O) groups excluding carboxylic acids is 2. The number of urea groups is 1. The highest BCUT2D eigenvalue weighted by Crippen LogP contribution is 2.34. The molecule has 2 aliphatic rings. The number of nitrogens with zero attached hydrogens (tertiary/aromatic N) is 2. The molecule has 2 saturated heterocycles. The van der Waals surface area contributed by atoms with Gasteiger partial charge in [-0.3, -0.25) is 9.35 Å². The number of primary amides is 1. The van der Waals surface area contributed by atoms with Crippen molar-refractivity contribution >= 4 is 22.3 Å². The van der Waals surface area contributed by atoms with Crippen molar-refractivity contribution in [2.75, 3.05) is 6.54 Å². The molecule has 0 radical (unpaired) electrons. The number of fused-ring (bicyclic) bond motifs is 1. The number of amides is 3. The maximum Gasteiger partial charge on any atom is 0.418 e. The predicted octanol–water partition coefficient (Wildman–Crippen LogP) is -1.92. The van der Waals surface area contributed by atoms with E-state index in [0.29, 0.717) is 11.5 Å². The number of carbonyl (C=O) groups is 2. The van der Waals surface area contributed by atoms with Crippen LogP contribution in [0, 0.1) is 0 Å². The first-order valence-electron chi connectivity index (χ1n) is 4.37. The molecule has 10 heteroatoms. The van der Waals surface area contributed by atoms with E-state index in [-0.39, 0.29) is 6.54 Å². The van der Waals surface area contributed by atoms with Crippen LogP contribution in [0.1, 0.15) is 6.42 Å². The molecule has 0 spiro atoms. The van der Waals surface area contributed by atoms with Gasteiger partial charge in [0.25, 0.3) is 5.91 Å². The van der Waals surface area contributed by atoms with Gasteiger partial charge in [-0.2, -0.15) is 13.5 Å². The van der Waals surface area contributed by atoms with E-state index in [2.05, 4.69) is 4.28 Å². The van der Waals surface area contributed by atoms with E-state index >= 15 is 0 Å². The Hall–Kier alpha value is -1.39. The van der Waals surface area contributed by atoms with Crippen LogP contribution in [-0.4, -0.2) is 53.5 Å². The topological polar surface area (TPSA) is 130 Å². The van der Waals surface area contributed by atoms with Gasteiger partial charge < -0.3 is 10.6 Å². The Bertz CT molecular complexity index is 447. The van der Waals surface area contributed by atoms with Gasteiger partial charge in [0.2, 0.25) is 0 Å². The van der Waals surface area contributed by atoms with E-state index < -0.39 is 34.4 Å². The van der Waals surface area contributed by atoms with Gasteiger partial charge in [-0.1, -0.05) is 0 Å². The van der Waals surface area contributed by atoms with E-state index in [1.807, 2.05) is 0 Å². The van der Waals surface area contributed by atoms with Crippen molar-refractivity contribution in [2.45, 2.75) is 18.5 Å². The molecule has 0 aromatic carbocycles. The van der Waals surface area contributed by atoms with Crippen molar-refractivity contribution in [3.05, 3.63) is 0 Å². The second-order valence-electron chi connectivity index (χ2n) is 3.50. The van der Waals surface area contributed by atoms with Crippen LogP contribution in [0.5, 0.6) is 0 Å². The van der Waals surface area contributed by atoms with Gasteiger partial charge in [-0.15, -0.1) is 4.28 Å². The minimum Gasteiger partial charge on any atom is -0.351 e. The zero-order valence-electron chi connectivity index (χ0n) is 7.94. The average molecular weight is 251 g/mol. The van der Waals surface area contributed by atoms with Crippen LogP contribution in [0.15, 0.2) is 0 Å². The molecular weight excluding hydrogens is 242 g/mol. The molecule has 0 aliphatic carbocycles. The Morgan fingerprint density at radius 3 is 2.69 bits per heavy atom. The van der Waals surface area contributed by atoms with Crippen molar-refractivity contribution < 1.29 is 26.8 Å². The Morgan fingerprint density at radius 1 is 1.56 bits per heavy atom. The molecule has 9 nitrogen and oxygen atoms in total. The van der Waals surface area contributed by atoms with Crippen LogP contribution < -0.4 is 5.73 Å². The zero-order valence-corrected chi connectivity index (χ0v) is 8.75. The summed E-state index contributed by atoms with van der Waals surface area (Å²) in [6, 6.07) is -2.09. The standard InChI is InChI=1S/C6H9N3O6S/c7-6(11)8-2-1-3-4(8)5(10)9(3)15-16(12,13)14/h3-4H,1-2H2,(H2,7,11)(H,12,13,14). The molecular formula is C6H9N3O6S. The van der Waals surface area contributed by atoms with Gasteiger partial charge >= 0.3 is 16.4 Å². The minimum atomic E-state index is -4.72. The molecule has 2 aliphatic heterocycles. The van der Waals surface area contributed by atoms with E-state index in [1.165, 1.54) is 0 Å². The molecule has 2 heterocycles. The van der Waals surface area contributed by atoms with E-state index in [0.717, 1.165) is 4.90 Å². The molecule has 0 aromatic heterocycles. The fourth-order valence-corrected chi connectivity index (χ4v) is 2.36. The van der Waals surface area contributed by atoms with Gasteiger partial charge in [0, 0.05) is 6.54 Å². The molecule has 2 rings (SSSR count). The van der Waals surface area contributed by atoms with Crippen molar-refractivity contribution in [1.29, 1.82) is 0 Å². The van der Waals surface area contributed by atoms with E-state index in [1.54, 1.807) is 0 Å². The maximum atomic E-state index is 11.4. The zero-order chi connectivity index (χ0) is 12.1. The van der Waals surface area contributed by atoms with E-state index in [9.17, 15) is 18.0 Å². The highest BCUT2D eigenvalue weighted by Gasteiger charge is 2.57. The van der Waals surface area contributed by atoms with Crippen LogP contribution in [0.3, 0.4) is 0 Å². The van der Waals surface area contributed by atoms with Gasteiger partial charge in [0.15, 0.2) is 0 Å². The highest BCUT2D eigenvalue weighted by molar-refractivity contribution is 7.80. The first-order valence-corrected chi connectivity index (χ1v) is 5.74. The van der Waals surface area contributed by atoms with Gasteiger partial charge in [-0.05, 0) is 6.42 Å². The normalized spacial score (nSPS) is 28.9. The average Bonchev–Trinajstić information content (AvgIpc) is 2.53. The summed E-state index contributed by atoms with van der Waals surface area (Å²) < 4.78 is 33.3. The predicted molar refractivity (Wildman–Crippen MR) is 48.0 cm³/mol. The lowest BCUT2D eigenvalue weighted by Crippen LogP contribution is -2.67. The number of hydroxylamine groups is 2. The van der Waals surface area contributed by atoms with Crippen molar-refractivity contribution in [1.82, 2.24) is 9.96 Å². The lowest BCUT2D eigenvalue weighted by Gasteiger charge is -2.41. The smallest absolute Gasteiger partial charge is 0.351 e. The first-order chi connectivity index (χ1) is 7.31. The van der Waals surface area contributed by atoms with Crippen molar-refractivity contribution in [3.8, 4) is 0 Å². The number of nitrogens with two attached hydrogens (primary N) is 1. The fraction of sp³-hybridized carbons (Fsp3) is 0.667. The molecule has 2 atom stereocenters. The third kappa shape index (κ3) is 1.60.